The number of rotatable bonds is 4. The lowest BCUT2D eigenvalue weighted by Gasteiger charge is -2.24. The average Bonchev–Trinajstić information content (AvgIpc) is 3.37. The highest BCUT2D eigenvalue weighted by atomic mass is 79.9. The summed E-state index contributed by atoms with van der Waals surface area (Å²) < 4.78 is 11.1. The van der Waals surface area contributed by atoms with Crippen LogP contribution in [-0.4, -0.2) is 22.0 Å². The van der Waals surface area contributed by atoms with E-state index in [0.717, 1.165) is 4.47 Å². The molecule has 1 aliphatic rings. The maximum atomic E-state index is 13.0. The highest BCUT2D eigenvalue weighted by Crippen LogP contribution is 2.41. The molecule has 1 atom stereocenters. The van der Waals surface area contributed by atoms with Crippen LogP contribution in [0.25, 0.3) is 0 Å². The maximum Gasteiger partial charge on any atom is 0.295 e. The first-order chi connectivity index (χ1) is 13.0. The van der Waals surface area contributed by atoms with E-state index in [-0.39, 0.29) is 17.2 Å². The van der Waals surface area contributed by atoms with Crippen LogP contribution >= 0.6 is 15.9 Å². The van der Waals surface area contributed by atoms with E-state index in [1.54, 1.807) is 43.3 Å². The summed E-state index contributed by atoms with van der Waals surface area (Å²) in [4.78, 5) is 27.0. The summed E-state index contributed by atoms with van der Waals surface area (Å²) in [5.41, 5.74) is 0.559. The first-order valence-electron chi connectivity index (χ1n) is 8.01. The molecule has 4 rings (SSSR count). The second-order valence-corrected chi connectivity index (χ2v) is 6.91. The van der Waals surface area contributed by atoms with Crippen molar-refractivity contribution < 1.29 is 23.6 Å². The molecule has 0 bridgehead atoms. The summed E-state index contributed by atoms with van der Waals surface area (Å²) >= 11 is 3.37. The molecule has 0 saturated heterocycles. The summed E-state index contributed by atoms with van der Waals surface area (Å²) in [5.74, 6) is -1.20. The number of hydrogen-bond acceptors (Lipinski definition) is 6. The number of anilines is 1. The molecule has 0 fully saturated rings. The minimum absolute atomic E-state index is 0.0321. The van der Waals surface area contributed by atoms with Crippen molar-refractivity contribution in [1.29, 1.82) is 0 Å². The SMILES string of the molecule is Cc1cc(N2C(=O)C(O)=C(C(=O)c3ccco3)[C@@H]2c2ccc(Br)cc2)no1. The quantitative estimate of drug-likeness (QED) is 0.627. The van der Waals surface area contributed by atoms with Crippen molar-refractivity contribution in [2.24, 2.45) is 0 Å². The second-order valence-electron chi connectivity index (χ2n) is 5.99. The Morgan fingerprint density at radius 1 is 1.26 bits per heavy atom. The number of aryl methyl sites for hydroxylation is 1. The van der Waals surface area contributed by atoms with Crippen LogP contribution in [0.15, 0.2) is 73.5 Å². The number of amides is 1. The number of halogens is 1. The lowest BCUT2D eigenvalue weighted by atomic mass is 9.95. The van der Waals surface area contributed by atoms with Gasteiger partial charge in [0.05, 0.1) is 17.9 Å². The summed E-state index contributed by atoms with van der Waals surface area (Å²) in [6, 6.07) is 10.8. The van der Waals surface area contributed by atoms with Crippen molar-refractivity contribution >= 4 is 33.4 Å². The Morgan fingerprint density at radius 3 is 2.59 bits per heavy atom. The third kappa shape index (κ3) is 2.87. The number of aromatic nitrogens is 1. The van der Waals surface area contributed by atoms with Crippen molar-refractivity contribution in [2.75, 3.05) is 4.90 Å². The molecule has 8 heteroatoms. The zero-order chi connectivity index (χ0) is 19.1. The van der Waals surface area contributed by atoms with Gasteiger partial charge in [0.15, 0.2) is 17.3 Å². The van der Waals surface area contributed by atoms with Crippen molar-refractivity contribution in [3.05, 3.63) is 81.6 Å². The normalized spacial score (nSPS) is 17.0. The molecule has 1 aromatic carbocycles. The monoisotopic (exact) mass is 428 g/mol. The van der Waals surface area contributed by atoms with Gasteiger partial charge in [-0.3, -0.25) is 14.5 Å². The number of nitrogens with zero attached hydrogens (tertiary/aromatic N) is 2. The molecule has 1 amide bonds. The Bertz CT molecular complexity index is 1050. The summed E-state index contributed by atoms with van der Waals surface area (Å²) in [5, 5.41) is 14.4. The lowest BCUT2D eigenvalue weighted by molar-refractivity contribution is -0.117. The molecule has 0 saturated carbocycles. The molecule has 3 heterocycles. The first kappa shape index (κ1) is 17.3. The summed E-state index contributed by atoms with van der Waals surface area (Å²) in [6.07, 6.45) is 1.36. The average molecular weight is 429 g/mol. The minimum atomic E-state index is -0.868. The number of aliphatic hydroxyl groups is 1. The van der Waals surface area contributed by atoms with Gasteiger partial charge in [-0.05, 0) is 36.8 Å². The lowest BCUT2D eigenvalue weighted by Crippen LogP contribution is -2.31. The first-order valence-corrected chi connectivity index (χ1v) is 8.80. The summed E-state index contributed by atoms with van der Waals surface area (Å²) in [6.45, 7) is 1.69. The molecule has 2 aromatic heterocycles. The van der Waals surface area contributed by atoms with E-state index in [2.05, 4.69) is 21.1 Å². The Balaban J connectivity index is 1.88. The van der Waals surface area contributed by atoms with E-state index in [0.29, 0.717) is 11.3 Å². The molecule has 3 aromatic rings. The van der Waals surface area contributed by atoms with Crippen LogP contribution in [0.4, 0.5) is 5.82 Å². The molecule has 0 radical (unpaired) electrons. The van der Waals surface area contributed by atoms with Gasteiger partial charge >= 0.3 is 0 Å². The van der Waals surface area contributed by atoms with Gasteiger partial charge in [0.1, 0.15) is 5.76 Å². The molecule has 27 heavy (non-hydrogen) atoms. The van der Waals surface area contributed by atoms with E-state index in [1.165, 1.54) is 17.2 Å². The maximum absolute atomic E-state index is 13.0. The summed E-state index contributed by atoms with van der Waals surface area (Å²) in [7, 11) is 0. The van der Waals surface area contributed by atoms with Crippen LogP contribution in [0.3, 0.4) is 0 Å². The standard InChI is InChI=1S/C19H13BrN2O5/c1-10-9-14(21-27-10)22-16(11-4-6-12(20)7-5-11)15(18(24)19(22)25)17(23)13-3-2-8-26-13/h2-9,16,24H,1H3/t16-/m0/s1. The van der Waals surface area contributed by atoms with Gasteiger partial charge in [0, 0.05) is 10.5 Å². The second kappa shape index (κ2) is 6.55. The van der Waals surface area contributed by atoms with E-state index in [9.17, 15) is 14.7 Å². The smallest absolute Gasteiger partial charge is 0.295 e. The zero-order valence-corrected chi connectivity index (χ0v) is 15.6. The van der Waals surface area contributed by atoms with Gasteiger partial charge in [-0.25, -0.2) is 0 Å². The Kier molecular flexibility index (Phi) is 4.19. The molecule has 1 N–H and O–H groups in total. The largest absolute Gasteiger partial charge is 0.503 e. The van der Waals surface area contributed by atoms with Crippen molar-refractivity contribution in [2.45, 2.75) is 13.0 Å². The van der Waals surface area contributed by atoms with Crippen LogP contribution in [0, 0.1) is 6.92 Å². The predicted octanol–water partition coefficient (Wildman–Crippen LogP) is 4.12. The molecular formula is C19H13BrN2O5. The number of Topliss-reactive ketones (excluding diaryl/α,β-unsaturated/α-hetero) is 1. The van der Waals surface area contributed by atoms with Crippen molar-refractivity contribution in [3.63, 3.8) is 0 Å². The van der Waals surface area contributed by atoms with Crippen LogP contribution in [-0.2, 0) is 4.79 Å². The number of ketones is 1. The Hall–Kier alpha value is -3.13. The van der Waals surface area contributed by atoms with Crippen LogP contribution < -0.4 is 4.90 Å². The Labute approximate surface area is 162 Å². The number of carbonyl (C=O) groups is 2. The van der Waals surface area contributed by atoms with Crippen molar-refractivity contribution in [1.82, 2.24) is 5.16 Å². The van der Waals surface area contributed by atoms with Gasteiger partial charge < -0.3 is 14.0 Å². The van der Waals surface area contributed by atoms with Crippen LogP contribution in [0.1, 0.15) is 27.9 Å². The van der Waals surface area contributed by atoms with Gasteiger partial charge in [0.2, 0.25) is 5.78 Å². The number of furan rings is 1. The fraction of sp³-hybridized carbons (Fsp3) is 0.105. The van der Waals surface area contributed by atoms with Gasteiger partial charge in [-0.2, -0.15) is 0 Å². The molecular weight excluding hydrogens is 416 g/mol. The van der Waals surface area contributed by atoms with Gasteiger partial charge in [-0.15, -0.1) is 0 Å². The van der Waals surface area contributed by atoms with Crippen LogP contribution in [0.5, 0.6) is 0 Å². The molecule has 0 aliphatic carbocycles. The Morgan fingerprint density at radius 2 is 2.00 bits per heavy atom. The minimum Gasteiger partial charge on any atom is -0.503 e. The van der Waals surface area contributed by atoms with Crippen LogP contribution in [0.2, 0.25) is 0 Å². The molecule has 0 spiro atoms. The highest BCUT2D eigenvalue weighted by Gasteiger charge is 2.46. The topological polar surface area (TPSA) is 96.8 Å². The zero-order valence-electron chi connectivity index (χ0n) is 14.0. The third-order valence-electron chi connectivity index (χ3n) is 4.25. The molecule has 136 valence electrons. The fourth-order valence-electron chi connectivity index (χ4n) is 3.04. The molecule has 7 nitrogen and oxygen atoms in total. The molecule has 0 unspecified atom stereocenters. The number of benzene rings is 1. The fourth-order valence-corrected chi connectivity index (χ4v) is 3.31. The molecule has 1 aliphatic heterocycles. The third-order valence-corrected chi connectivity index (χ3v) is 4.77. The predicted molar refractivity (Wildman–Crippen MR) is 98.3 cm³/mol. The van der Waals surface area contributed by atoms with Crippen molar-refractivity contribution in [3.8, 4) is 0 Å². The van der Waals surface area contributed by atoms with E-state index < -0.39 is 23.5 Å². The van der Waals surface area contributed by atoms with E-state index >= 15 is 0 Å². The highest BCUT2D eigenvalue weighted by molar-refractivity contribution is 9.10. The van der Waals surface area contributed by atoms with E-state index in [1.807, 2.05) is 0 Å². The van der Waals surface area contributed by atoms with Gasteiger partial charge in [-0.1, -0.05) is 33.2 Å². The number of carbonyl (C=O) groups excluding carboxylic acids is 2. The van der Waals surface area contributed by atoms with Gasteiger partial charge in [0.25, 0.3) is 5.91 Å². The van der Waals surface area contributed by atoms with E-state index in [4.69, 9.17) is 8.94 Å². The number of aliphatic hydroxyl groups excluding tert-OH is 1. The number of hydrogen-bond donors (Lipinski definition) is 1.